The van der Waals surface area contributed by atoms with E-state index in [0.29, 0.717) is 17.9 Å². The first-order valence-electron chi connectivity index (χ1n) is 7.31. The maximum atomic E-state index is 12.3. The lowest BCUT2D eigenvalue weighted by Crippen LogP contribution is -2.22. The Morgan fingerprint density at radius 1 is 1.23 bits per heavy atom. The van der Waals surface area contributed by atoms with Gasteiger partial charge >= 0.3 is 11.9 Å². The molecule has 0 saturated carbocycles. The Bertz CT molecular complexity index is 762. The fourth-order valence-electron chi connectivity index (χ4n) is 2.94. The number of carbonyl (C=O) groups is 2. The zero-order valence-corrected chi connectivity index (χ0v) is 12.7. The molecule has 1 fully saturated rings. The molecule has 1 aromatic heterocycles. The van der Waals surface area contributed by atoms with Gasteiger partial charge in [0.05, 0.1) is 6.61 Å². The molecule has 2 aromatic rings. The number of rotatable bonds is 2. The molecular weight excluding hydrogens is 300 g/mol. The summed E-state index contributed by atoms with van der Waals surface area (Å²) in [6, 6.07) is 10.2. The number of hydrogen-bond donors (Lipinski definition) is 0. The van der Waals surface area contributed by atoms with Gasteiger partial charge < -0.3 is 9.47 Å². The molecule has 0 spiro atoms. The molecule has 1 aliphatic carbocycles. The van der Waals surface area contributed by atoms with Crippen molar-refractivity contribution in [3.8, 4) is 10.4 Å². The van der Waals surface area contributed by atoms with Crippen molar-refractivity contribution in [2.75, 3.05) is 6.61 Å². The largest absolute Gasteiger partial charge is 0.463 e. The Kier molecular flexibility index (Phi) is 3.22. The summed E-state index contributed by atoms with van der Waals surface area (Å²) in [4.78, 5) is 25.4. The van der Waals surface area contributed by atoms with Crippen LogP contribution in [0.15, 0.2) is 30.3 Å². The van der Waals surface area contributed by atoms with Crippen LogP contribution < -0.4 is 0 Å². The van der Waals surface area contributed by atoms with Crippen molar-refractivity contribution in [3.63, 3.8) is 0 Å². The molecular formula is C17H14O4S. The van der Waals surface area contributed by atoms with Crippen molar-refractivity contribution in [3.05, 3.63) is 46.3 Å². The normalized spacial score (nSPS) is 19.3. The topological polar surface area (TPSA) is 52.6 Å². The number of esters is 2. The molecule has 5 heteroatoms. The molecule has 0 N–H and O–H groups in total. The molecule has 2 heterocycles. The van der Waals surface area contributed by atoms with E-state index in [1.54, 1.807) is 0 Å². The summed E-state index contributed by atoms with van der Waals surface area (Å²) in [5, 5.41) is 0. The molecule has 0 amide bonds. The first-order valence-corrected chi connectivity index (χ1v) is 8.12. The van der Waals surface area contributed by atoms with Gasteiger partial charge in [-0.2, -0.15) is 0 Å². The predicted molar refractivity (Wildman–Crippen MR) is 81.9 cm³/mol. The van der Waals surface area contributed by atoms with Crippen LogP contribution in [0.4, 0.5) is 0 Å². The van der Waals surface area contributed by atoms with E-state index in [0.717, 1.165) is 17.7 Å². The highest BCUT2D eigenvalue weighted by molar-refractivity contribution is 7.17. The first-order chi connectivity index (χ1) is 10.7. The van der Waals surface area contributed by atoms with E-state index in [1.165, 1.54) is 28.0 Å². The molecule has 0 radical (unpaired) electrons. The Labute approximate surface area is 131 Å². The summed E-state index contributed by atoms with van der Waals surface area (Å²) in [6.45, 7) is 0.324. The third-order valence-electron chi connectivity index (χ3n) is 4.07. The highest BCUT2D eigenvalue weighted by atomic mass is 32.1. The van der Waals surface area contributed by atoms with E-state index in [-0.39, 0.29) is 0 Å². The van der Waals surface area contributed by atoms with Gasteiger partial charge in [0.15, 0.2) is 0 Å². The van der Waals surface area contributed by atoms with Crippen LogP contribution in [0.5, 0.6) is 0 Å². The number of ether oxygens (including phenoxy) is 2. The number of aryl methyl sites for hydroxylation is 2. The minimum absolute atomic E-state index is 0.324. The Morgan fingerprint density at radius 3 is 2.86 bits per heavy atom. The zero-order chi connectivity index (χ0) is 15.1. The van der Waals surface area contributed by atoms with Gasteiger partial charge in [-0.15, -0.1) is 11.3 Å². The molecule has 0 bridgehead atoms. The van der Waals surface area contributed by atoms with Gasteiger partial charge in [-0.05, 0) is 35.6 Å². The van der Waals surface area contributed by atoms with Crippen LogP contribution in [0.2, 0.25) is 0 Å². The number of hydrogen-bond acceptors (Lipinski definition) is 5. The van der Waals surface area contributed by atoms with Crippen molar-refractivity contribution in [1.82, 2.24) is 0 Å². The maximum Gasteiger partial charge on any atom is 0.349 e. The second kappa shape index (κ2) is 5.25. The molecule has 22 heavy (non-hydrogen) atoms. The lowest BCUT2D eigenvalue weighted by atomic mass is 9.91. The molecule has 1 unspecified atom stereocenters. The maximum absolute atomic E-state index is 12.3. The highest BCUT2D eigenvalue weighted by Gasteiger charge is 2.31. The van der Waals surface area contributed by atoms with Gasteiger partial charge in [-0.1, -0.05) is 24.3 Å². The van der Waals surface area contributed by atoms with Crippen LogP contribution in [-0.4, -0.2) is 24.6 Å². The average molecular weight is 314 g/mol. The van der Waals surface area contributed by atoms with Gasteiger partial charge in [0.2, 0.25) is 6.10 Å². The van der Waals surface area contributed by atoms with Gasteiger partial charge in [0.25, 0.3) is 0 Å². The molecule has 1 aromatic carbocycles. The number of benzene rings is 1. The fourth-order valence-corrected chi connectivity index (χ4v) is 4.10. The highest BCUT2D eigenvalue weighted by Crippen LogP contribution is 2.39. The van der Waals surface area contributed by atoms with Gasteiger partial charge in [-0.25, -0.2) is 9.59 Å². The van der Waals surface area contributed by atoms with Crippen molar-refractivity contribution in [1.29, 1.82) is 0 Å². The zero-order valence-electron chi connectivity index (χ0n) is 11.8. The lowest BCUT2D eigenvalue weighted by molar-refractivity contribution is -0.145. The molecule has 1 saturated heterocycles. The van der Waals surface area contributed by atoms with Crippen LogP contribution in [0.3, 0.4) is 0 Å². The lowest BCUT2D eigenvalue weighted by Gasteiger charge is -2.15. The Hall–Kier alpha value is -2.14. The Morgan fingerprint density at radius 2 is 2.05 bits per heavy atom. The number of carbonyl (C=O) groups excluding carboxylic acids is 2. The molecule has 4 nitrogen and oxygen atoms in total. The second-order valence-corrected chi connectivity index (χ2v) is 6.52. The summed E-state index contributed by atoms with van der Waals surface area (Å²) >= 11 is 1.44. The van der Waals surface area contributed by atoms with Gasteiger partial charge in [-0.3, -0.25) is 0 Å². The van der Waals surface area contributed by atoms with Crippen LogP contribution in [-0.2, 0) is 27.1 Å². The minimum atomic E-state index is -0.751. The molecule has 2 aliphatic rings. The summed E-state index contributed by atoms with van der Waals surface area (Å²) in [7, 11) is 0. The monoisotopic (exact) mass is 314 g/mol. The smallest absolute Gasteiger partial charge is 0.349 e. The van der Waals surface area contributed by atoms with E-state index in [1.807, 2.05) is 18.2 Å². The van der Waals surface area contributed by atoms with Crippen molar-refractivity contribution in [2.24, 2.45) is 0 Å². The quantitative estimate of drug-likeness (QED) is 0.800. The van der Waals surface area contributed by atoms with E-state index >= 15 is 0 Å². The summed E-state index contributed by atoms with van der Waals surface area (Å²) in [6.07, 6.45) is 1.61. The van der Waals surface area contributed by atoms with Crippen molar-refractivity contribution < 1.29 is 19.1 Å². The van der Waals surface area contributed by atoms with Crippen molar-refractivity contribution in [2.45, 2.75) is 25.4 Å². The first kappa shape index (κ1) is 13.5. The van der Waals surface area contributed by atoms with Crippen molar-refractivity contribution >= 4 is 23.3 Å². The van der Waals surface area contributed by atoms with Crippen LogP contribution >= 0.6 is 11.3 Å². The van der Waals surface area contributed by atoms with Crippen LogP contribution in [0, 0.1) is 0 Å². The average Bonchev–Trinajstić information content (AvgIpc) is 3.14. The van der Waals surface area contributed by atoms with E-state index in [2.05, 4.69) is 12.1 Å². The SMILES string of the molecule is O=C(OC1CCOC1=O)c1cc2c(s1)-c1ccccc1CC2. The fraction of sp³-hybridized carbons (Fsp3) is 0.294. The van der Waals surface area contributed by atoms with Crippen LogP contribution in [0.25, 0.3) is 10.4 Å². The second-order valence-electron chi connectivity index (χ2n) is 5.47. The molecule has 1 aliphatic heterocycles. The van der Waals surface area contributed by atoms with Gasteiger partial charge in [0, 0.05) is 11.3 Å². The number of thiophene rings is 1. The third kappa shape index (κ3) is 2.22. The van der Waals surface area contributed by atoms with E-state index < -0.39 is 18.0 Å². The van der Waals surface area contributed by atoms with Crippen LogP contribution in [0.1, 0.15) is 27.2 Å². The summed E-state index contributed by atoms with van der Waals surface area (Å²) < 4.78 is 10.1. The number of fused-ring (bicyclic) bond motifs is 3. The molecule has 4 rings (SSSR count). The number of cyclic esters (lactones) is 1. The summed E-state index contributed by atoms with van der Waals surface area (Å²) in [5.74, 6) is -0.874. The Balaban J connectivity index is 1.62. The molecule has 112 valence electrons. The standard InChI is InChI=1S/C17H14O4S/c18-16-13(7-8-20-16)21-17(19)14-9-11-6-5-10-3-1-2-4-12(10)15(11)22-14/h1-4,9,13H,5-8H2. The third-order valence-corrected chi connectivity index (χ3v) is 5.26. The van der Waals surface area contributed by atoms with E-state index in [4.69, 9.17) is 9.47 Å². The van der Waals surface area contributed by atoms with Gasteiger partial charge in [0.1, 0.15) is 4.88 Å². The molecule has 1 atom stereocenters. The predicted octanol–water partition coefficient (Wildman–Crippen LogP) is 2.99. The van der Waals surface area contributed by atoms with E-state index in [9.17, 15) is 9.59 Å². The minimum Gasteiger partial charge on any atom is -0.463 e. The summed E-state index contributed by atoms with van der Waals surface area (Å²) in [5.41, 5.74) is 3.70.